The Bertz CT molecular complexity index is 1040. The van der Waals surface area contributed by atoms with E-state index >= 15 is 0 Å². The molecule has 0 N–H and O–H groups in total. The Morgan fingerprint density at radius 3 is 2.52 bits per heavy atom. The van der Waals surface area contributed by atoms with Gasteiger partial charge in [-0.3, -0.25) is 0 Å². The Morgan fingerprint density at radius 1 is 1.07 bits per heavy atom. The summed E-state index contributed by atoms with van der Waals surface area (Å²) in [5, 5.41) is 4.40. The molecule has 154 valence electrons. The fourth-order valence-corrected chi connectivity index (χ4v) is 5.75. The topological polar surface area (TPSA) is 3.88 Å². The normalized spacial score (nSPS) is 17.0. The molecule has 0 radical (unpaired) electrons. The highest BCUT2D eigenvalue weighted by molar-refractivity contribution is 6.07. The number of benzene rings is 2. The summed E-state index contributed by atoms with van der Waals surface area (Å²) in [7, 11) is 0. The Labute approximate surface area is 177 Å². The third-order valence-electron chi connectivity index (χ3n) is 8.43. The van der Waals surface area contributed by atoms with Crippen LogP contribution in [0.15, 0.2) is 42.6 Å². The van der Waals surface area contributed by atoms with Gasteiger partial charge in [0, 0.05) is 17.9 Å². The van der Waals surface area contributed by atoms with E-state index in [1.165, 1.54) is 52.9 Å². The molecule has 29 heavy (non-hydrogen) atoms. The molecule has 0 saturated carbocycles. The minimum atomic E-state index is 0.288. The standard InChI is InChI=1S/C28H38N/c1-7-20(4)27(5,6)19-22-18-21-12-10-14-24-25(21)26-23(22)13-11-16-29(26)17-15-28(24,8-2)9-3/h10-14,16,18,20H,7-9,15,17,19H2,1-6H3/q+1. The molecule has 0 spiro atoms. The number of pyridine rings is 1. The Hall–Kier alpha value is -1.89. The van der Waals surface area contributed by atoms with Crippen molar-refractivity contribution in [1.82, 2.24) is 0 Å². The zero-order valence-electron chi connectivity index (χ0n) is 19.3. The van der Waals surface area contributed by atoms with E-state index in [9.17, 15) is 0 Å². The maximum atomic E-state index is 2.55. The molecule has 0 fully saturated rings. The molecule has 1 heteroatoms. The first-order valence-corrected chi connectivity index (χ1v) is 11.7. The molecule has 3 aromatic rings. The van der Waals surface area contributed by atoms with Gasteiger partial charge in [0.25, 0.3) is 0 Å². The summed E-state index contributed by atoms with van der Waals surface area (Å²) in [5.74, 6) is 0.707. The van der Waals surface area contributed by atoms with E-state index in [4.69, 9.17) is 0 Å². The predicted octanol–water partition coefficient (Wildman–Crippen LogP) is 7.36. The van der Waals surface area contributed by atoms with Crippen LogP contribution in [-0.2, 0) is 18.4 Å². The molecule has 2 aromatic carbocycles. The first kappa shape index (κ1) is 20.4. The van der Waals surface area contributed by atoms with Crippen molar-refractivity contribution in [3.05, 3.63) is 53.7 Å². The Kier molecular flexibility index (Phi) is 5.21. The third kappa shape index (κ3) is 3.18. The zero-order valence-corrected chi connectivity index (χ0v) is 19.3. The fraction of sp³-hybridized carbons (Fsp3) is 0.536. The molecule has 4 rings (SSSR count). The summed E-state index contributed by atoms with van der Waals surface area (Å²) in [6, 6.07) is 14.2. The van der Waals surface area contributed by atoms with E-state index in [1.54, 1.807) is 5.56 Å². The van der Waals surface area contributed by atoms with Gasteiger partial charge in [0.05, 0.1) is 10.8 Å². The van der Waals surface area contributed by atoms with Gasteiger partial charge in [0.1, 0.15) is 6.54 Å². The summed E-state index contributed by atoms with van der Waals surface area (Å²) in [5.41, 5.74) is 5.15. The third-order valence-corrected chi connectivity index (χ3v) is 8.43. The van der Waals surface area contributed by atoms with E-state index < -0.39 is 0 Å². The number of aromatic nitrogens is 1. The van der Waals surface area contributed by atoms with Crippen LogP contribution in [0.1, 0.15) is 78.4 Å². The summed E-state index contributed by atoms with van der Waals surface area (Å²) < 4.78 is 2.55. The SMILES string of the molecule is CCC(C)C(C)(C)Cc1cc2cccc3c2c2c1ccc[n+]2CCC3(CC)CC. The highest BCUT2D eigenvalue weighted by atomic mass is 15.0. The maximum Gasteiger partial charge on any atom is 0.220 e. The first-order valence-electron chi connectivity index (χ1n) is 11.7. The molecule has 0 bridgehead atoms. The van der Waals surface area contributed by atoms with Crippen molar-refractivity contribution in [2.45, 2.75) is 85.6 Å². The summed E-state index contributed by atoms with van der Waals surface area (Å²) in [6.45, 7) is 15.5. The van der Waals surface area contributed by atoms with E-state index in [0.717, 1.165) is 13.0 Å². The predicted molar refractivity (Wildman–Crippen MR) is 125 cm³/mol. The molecule has 1 aliphatic rings. The monoisotopic (exact) mass is 388 g/mol. The quantitative estimate of drug-likeness (QED) is 0.307. The molecule has 1 unspecified atom stereocenters. The van der Waals surface area contributed by atoms with E-state index in [1.807, 2.05) is 0 Å². The zero-order chi connectivity index (χ0) is 20.8. The van der Waals surface area contributed by atoms with Crippen molar-refractivity contribution in [2.24, 2.45) is 11.3 Å². The van der Waals surface area contributed by atoms with Crippen LogP contribution in [-0.4, -0.2) is 0 Å². The number of hydrogen-bond donors (Lipinski definition) is 0. The van der Waals surface area contributed by atoms with Crippen molar-refractivity contribution in [3.63, 3.8) is 0 Å². The van der Waals surface area contributed by atoms with Crippen LogP contribution in [0.5, 0.6) is 0 Å². The highest BCUT2D eigenvalue weighted by Gasteiger charge is 2.36. The van der Waals surface area contributed by atoms with Gasteiger partial charge >= 0.3 is 0 Å². The van der Waals surface area contributed by atoms with Crippen LogP contribution in [0, 0.1) is 11.3 Å². The van der Waals surface area contributed by atoms with Gasteiger partial charge in [0.15, 0.2) is 6.20 Å². The molecule has 1 aromatic heterocycles. The lowest BCUT2D eigenvalue weighted by molar-refractivity contribution is -0.671. The molecule has 1 aliphatic heterocycles. The number of nitrogens with zero attached hydrogens (tertiary/aromatic N) is 1. The summed E-state index contributed by atoms with van der Waals surface area (Å²) in [4.78, 5) is 0. The minimum Gasteiger partial charge on any atom is -0.198 e. The van der Waals surface area contributed by atoms with Crippen molar-refractivity contribution in [1.29, 1.82) is 0 Å². The molecular weight excluding hydrogens is 350 g/mol. The van der Waals surface area contributed by atoms with Gasteiger partial charge in [-0.15, -0.1) is 0 Å². The molecule has 0 saturated heterocycles. The lowest BCUT2D eigenvalue weighted by atomic mass is 9.71. The van der Waals surface area contributed by atoms with Gasteiger partial charge < -0.3 is 0 Å². The lowest BCUT2D eigenvalue weighted by Crippen LogP contribution is -2.36. The molecule has 1 atom stereocenters. The molecular formula is C28H38N+. The molecule has 0 aliphatic carbocycles. The van der Waals surface area contributed by atoms with Crippen LogP contribution in [0.25, 0.3) is 21.7 Å². The van der Waals surface area contributed by atoms with Crippen LogP contribution >= 0.6 is 0 Å². The number of aryl methyl sites for hydroxylation is 1. The number of rotatable bonds is 6. The van der Waals surface area contributed by atoms with Crippen LogP contribution in [0.4, 0.5) is 0 Å². The lowest BCUT2D eigenvalue weighted by Gasteiger charge is -2.32. The van der Waals surface area contributed by atoms with Gasteiger partial charge in [0.2, 0.25) is 5.52 Å². The molecule has 1 nitrogen and oxygen atoms in total. The number of hydrogen-bond acceptors (Lipinski definition) is 0. The Balaban J connectivity index is 2.04. The summed E-state index contributed by atoms with van der Waals surface area (Å²) in [6.07, 6.45) is 8.32. The molecule has 2 heterocycles. The summed E-state index contributed by atoms with van der Waals surface area (Å²) >= 11 is 0. The average molecular weight is 389 g/mol. The first-order chi connectivity index (χ1) is 13.9. The smallest absolute Gasteiger partial charge is 0.198 e. The fourth-order valence-electron chi connectivity index (χ4n) is 5.75. The maximum absolute atomic E-state index is 2.55. The van der Waals surface area contributed by atoms with Crippen molar-refractivity contribution < 1.29 is 4.57 Å². The van der Waals surface area contributed by atoms with Crippen LogP contribution in [0.2, 0.25) is 0 Å². The van der Waals surface area contributed by atoms with E-state index in [-0.39, 0.29) is 5.41 Å². The second-order valence-electron chi connectivity index (χ2n) is 10.1. The molecule has 0 amide bonds. The van der Waals surface area contributed by atoms with E-state index in [2.05, 4.69) is 88.7 Å². The minimum absolute atomic E-state index is 0.288. The van der Waals surface area contributed by atoms with E-state index in [0.29, 0.717) is 11.3 Å². The largest absolute Gasteiger partial charge is 0.220 e. The van der Waals surface area contributed by atoms with Crippen molar-refractivity contribution >= 4 is 21.7 Å². The van der Waals surface area contributed by atoms with Gasteiger partial charge in [-0.1, -0.05) is 72.2 Å². The second-order valence-corrected chi connectivity index (χ2v) is 10.1. The van der Waals surface area contributed by atoms with Gasteiger partial charge in [-0.2, -0.15) is 4.57 Å². The van der Waals surface area contributed by atoms with Crippen molar-refractivity contribution in [3.8, 4) is 0 Å². The van der Waals surface area contributed by atoms with Crippen LogP contribution < -0.4 is 4.57 Å². The van der Waals surface area contributed by atoms with Crippen LogP contribution in [0.3, 0.4) is 0 Å². The highest BCUT2D eigenvalue weighted by Crippen LogP contribution is 2.44. The average Bonchev–Trinajstić information content (AvgIpc) is 2.88. The second kappa shape index (κ2) is 7.42. The van der Waals surface area contributed by atoms with Gasteiger partial charge in [-0.25, -0.2) is 0 Å². The van der Waals surface area contributed by atoms with Gasteiger partial charge in [-0.05, 0) is 53.2 Å². The van der Waals surface area contributed by atoms with Crippen molar-refractivity contribution in [2.75, 3.05) is 0 Å². The Morgan fingerprint density at radius 2 is 1.83 bits per heavy atom.